The van der Waals surface area contributed by atoms with E-state index in [1.807, 2.05) is 6.07 Å². The molecule has 262 valence electrons. The quantitative estimate of drug-likeness (QED) is 0.187. The summed E-state index contributed by atoms with van der Waals surface area (Å²) in [5.74, 6) is -4.43. The highest BCUT2D eigenvalue weighted by atomic mass is 19.2. The van der Waals surface area contributed by atoms with Gasteiger partial charge in [0.2, 0.25) is 5.91 Å². The lowest BCUT2D eigenvalue weighted by atomic mass is 9.83. The van der Waals surface area contributed by atoms with Crippen molar-refractivity contribution in [2.45, 2.75) is 94.4 Å². The molecule has 6 atom stereocenters. The number of nitrogens with one attached hydrogen (secondary N) is 2. The maximum absolute atomic E-state index is 13.9. The highest BCUT2D eigenvalue weighted by molar-refractivity contribution is 5.85. The van der Waals surface area contributed by atoms with Crippen molar-refractivity contribution in [2.75, 3.05) is 13.7 Å². The number of carboxylic acid groups (broad SMARTS) is 1. The third-order valence-corrected chi connectivity index (χ3v) is 9.03. The van der Waals surface area contributed by atoms with Gasteiger partial charge in [-0.2, -0.15) is 0 Å². The Labute approximate surface area is 273 Å². The molecule has 5 rings (SSSR count). The molecular weight excluding hydrogens is 641 g/mol. The number of benzene rings is 1. The summed E-state index contributed by atoms with van der Waals surface area (Å²) >= 11 is 0. The van der Waals surface area contributed by atoms with Crippen LogP contribution in [0.25, 0.3) is 11.3 Å². The fourth-order valence-corrected chi connectivity index (χ4v) is 6.50. The van der Waals surface area contributed by atoms with Crippen LogP contribution in [0.4, 0.5) is 18.0 Å². The summed E-state index contributed by atoms with van der Waals surface area (Å²) in [6.07, 6.45) is -0.969. The molecule has 5 N–H and O–H groups in total. The average Bonchev–Trinajstić information content (AvgIpc) is 3.73. The number of aromatic nitrogens is 4. The van der Waals surface area contributed by atoms with Crippen molar-refractivity contribution in [1.29, 1.82) is 0 Å². The fourth-order valence-electron chi connectivity index (χ4n) is 6.50. The first-order valence-corrected chi connectivity index (χ1v) is 15.7. The molecule has 2 aromatic heterocycles. The first kappa shape index (κ1) is 35.3. The van der Waals surface area contributed by atoms with Crippen LogP contribution in [-0.2, 0) is 20.7 Å². The van der Waals surface area contributed by atoms with E-state index in [0.29, 0.717) is 31.4 Å². The number of hydrogen-bond acceptors (Lipinski definition) is 10. The first-order chi connectivity index (χ1) is 22.9. The molecule has 2 fully saturated rings. The molecule has 0 bridgehead atoms. The number of nitrogens with zero attached hydrogens (tertiary/aromatic N) is 4. The summed E-state index contributed by atoms with van der Waals surface area (Å²) in [5, 5.41) is 47.7. The number of carbonyl (C=O) groups is 2. The van der Waals surface area contributed by atoms with Gasteiger partial charge in [0.15, 0.2) is 17.5 Å². The standard InChI is InChI=1S/C31H39F3N6O8/c1-14(2)26(36-31(44)45)30(43)35-17-6-4-15(5-7-17)21-10-18(48-38-21)11-23-29(46-3)27(28(42)24(13-41)47-23)40-12-22(37-39-40)16-8-19(32)25(34)20(33)9-16/h8-10,12,14-15,17,23-24,26-29,36,41-42H,4-7,11,13H2,1-3H3,(H,35,43)(H,44,45)/t15?,17?,23-,24-,26+,27+,28+,29+/m1/s1. The average molecular weight is 681 g/mol. The van der Waals surface area contributed by atoms with Gasteiger partial charge < -0.3 is 39.9 Å². The number of aliphatic hydroxyl groups excluding tert-OH is 2. The van der Waals surface area contributed by atoms with Gasteiger partial charge in [0, 0.05) is 37.1 Å². The van der Waals surface area contributed by atoms with Crippen molar-refractivity contribution in [1.82, 2.24) is 30.8 Å². The van der Waals surface area contributed by atoms with Crippen molar-refractivity contribution in [2.24, 2.45) is 5.92 Å². The van der Waals surface area contributed by atoms with E-state index in [1.54, 1.807) is 13.8 Å². The molecule has 0 spiro atoms. The van der Waals surface area contributed by atoms with Crippen LogP contribution in [0.2, 0.25) is 0 Å². The minimum Gasteiger partial charge on any atom is -0.465 e. The first-order valence-electron chi connectivity index (χ1n) is 15.7. The van der Waals surface area contributed by atoms with Crippen LogP contribution in [0.15, 0.2) is 28.9 Å². The molecule has 1 saturated heterocycles. The monoisotopic (exact) mass is 680 g/mol. The highest BCUT2D eigenvalue weighted by Gasteiger charge is 2.47. The summed E-state index contributed by atoms with van der Waals surface area (Å²) in [4.78, 5) is 23.8. The lowest BCUT2D eigenvalue weighted by Gasteiger charge is -2.43. The van der Waals surface area contributed by atoms with Crippen molar-refractivity contribution in [3.8, 4) is 11.3 Å². The Bertz CT molecular complexity index is 1560. The fraction of sp³-hybridized carbons (Fsp3) is 0.581. The molecule has 3 heterocycles. The molecule has 2 aliphatic rings. The largest absolute Gasteiger partial charge is 0.465 e. The van der Waals surface area contributed by atoms with Gasteiger partial charge in [0.05, 0.1) is 24.6 Å². The van der Waals surface area contributed by atoms with Crippen molar-refractivity contribution < 1.29 is 52.1 Å². The van der Waals surface area contributed by atoms with Crippen LogP contribution in [0.1, 0.15) is 62.9 Å². The predicted octanol–water partition coefficient (Wildman–Crippen LogP) is 2.70. The molecule has 17 heteroatoms. The SMILES string of the molecule is CO[C@@H]1[C@@H](n2cc(-c3cc(F)c(F)c(F)c3)nn2)[C@@H](O)[C@@H](CO)O[C@@H]1Cc1cc(C2CCC(NC(=O)[C@@H](NC(=O)O)C(C)C)CC2)no1. The second kappa shape index (κ2) is 15.0. The van der Waals surface area contributed by atoms with E-state index in [4.69, 9.17) is 19.1 Å². The molecule has 14 nitrogen and oxygen atoms in total. The Hall–Kier alpha value is -4.06. The number of halogens is 3. The molecule has 2 amide bonds. The van der Waals surface area contributed by atoms with E-state index in [2.05, 4.69) is 26.1 Å². The van der Waals surface area contributed by atoms with Crippen LogP contribution in [0, 0.1) is 23.4 Å². The Morgan fingerprint density at radius 1 is 1.10 bits per heavy atom. The maximum Gasteiger partial charge on any atom is 0.405 e. The zero-order valence-corrected chi connectivity index (χ0v) is 26.6. The van der Waals surface area contributed by atoms with Gasteiger partial charge in [-0.15, -0.1) is 5.10 Å². The second-order valence-electron chi connectivity index (χ2n) is 12.6. The molecular formula is C31H39F3N6O8. The molecule has 0 radical (unpaired) electrons. The molecule has 1 saturated carbocycles. The van der Waals surface area contributed by atoms with E-state index in [9.17, 15) is 33.0 Å². The van der Waals surface area contributed by atoms with Gasteiger partial charge >= 0.3 is 6.09 Å². The van der Waals surface area contributed by atoms with Gasteiger partial charge in [0.25, 0.3) is 0 Å². The van der Waals surface area contributed by atoms with Gasteiger partial charge in [0.1, 0.15) is 41.8 Å². The molecule has 0 unspecified atom stereocenters. The minimum atomic E-state index is -1.61. The van der Waals surface area contributed by atoms with Gasteiger partial charge in [-0.1, -0.05) is 24.2 Å². The number of rotatable bonds is 11. The van der Waals surface area contributed by atoms with Crippen LogP contribution in [0.3, 0.4) is 0 Å². The number of methoxy groups -OCH3 is 1. The van der Waals surface area contributed by atoms with Gasteiger partial charge in [-0.05, 0) is 43.7 Å². The summed E-state index contributed by atoms with van der Waals surface area (Å²) in [5.41, 5.74) is 0.676. The maximum atomic E-state index is 13.9. The Morgan fingerprint density at radius 3 is 2.40 bits per heavy atom. The molecule has 1 aromatic carbocycles. The predicted molar refractivity (Wildman–Crippen MR) is 160 cm³/mol. The molecule has 3 aromatic rings. The van der Waals surface area contributed by atoms with E-state index < -0.39 is 66.7 Å². The lowest BCUT2D eigenvalue weighted by molar-refractivity contribution is -0.212. The highest BCUT2D eigenvalue weighted by Crippen LogP contribution is 2.36. The van der Waals surface area contributed by atoms with Gasteiger partial charge in [-0.25, -0.2) is 22.6 Å². The topological polar surface area (TPSA) is 194 Å². The third-order valence-electron chi connectivity index (χ3n) is 9.03. The summed E-state index contributed by atoms with van der Waals surface area (Å²) < 4.78 is 59.9. The third kappa shape index (κ3) is 7.64. The number of carbonyl (C=O) groups excluding carboxylic acids is 1. The summed E-state index contributed by atoms with van der Waals surface area (Å²) in [6.45, 7) is 3.00. The number of amides is 2. The Kier molecular flexibility index (Phi) is 11.0. The molecule has 48 heavy (non-hydrogen) atoms. The van der Waals surface area contributed by atoms with E-state index in [1.165, 1.54) is 18.0 Å². The summed E-state index contributed by atoms with van der Waals surface area (Å²) in [7, 11) is 1.41. The van der Waals surface area contributed by atoms with Crippen molar-refractivity contribution >= 4 is 12.0 Å². The van der Waals surface area contributed by atoms with E-state index in [-0.39, 0.29) is 41.5 Å². The Morgan fingerprint density at radius 2 is 1.79 bits per heavy atom. The second-order valence-corrected chi connectivity index (χ2v) is 12.6. The zero-order valence-electron chi connectivity index (χ0n) is 26.6. The molecule has 1 aliphatic heterocycles. The normalized spacial score (nSPS) is 26.7. The summed E-state index contributed by atoms with van der Waals surface area (Å²) in [6, 6.07) is 1.48. The number of hydrogen-bond donors (Lipinski definition) is 5. The van der Waals surface area contributed by atoms with E-state index in [0.717, 1.165) is 17.8 Å². The van der Waals surface area contributed by atoms with Crippen LogP contribution in [0.5, 0.6) is 0 Å². The zero-order chi connectivity index (χ0) is 34.7. The van der Waals surface area contributed by atoms with Crippen LogP contribution in [-0.4, -0.2) is 97.7 Å². The minimum absolute atomic E-state index is 0.0178. The number of ether oxygens (including phenoxy) is 2. The van der Waals surface area contributed by atoms with Crippen LogP contribution < -0.4 is 10.6 Å². The number of aliphatic hydroxyl groups is 2. The smallest absolute Gasteiger partial charge is 0.405 e. The van der Waals surface area contributed by atoms with E-state index >= 15 is 0 Å². The van der Waals surface area contributed by atoms with Gasteiger partial charge in [-0.3, -0.25) is 4.79 Å². The molecule has 1 aliphatic carbocycles. The van der Waals surface area contributed by atoms with Crippen molar-refractivity contribution in [3.05, 3.63) is 53.3 Å². The van der Waals surface area contributed by atoms with Crippen molar-refractivity contribution in [3.63, 3.8) is 0 Å². The Balaban J connectivity index is 1.25. The lowest BCUT2D eigenvalue weighted by Crippen LogP contribution is -2.57. The van der Waals surface area contributed by atoms with Crippen LogP contribution >= 0.6 is 0 Å².